The van der Waals surface area contributed by atoms with Gasteiger partial charge in [-0.15, -0.1) is 5.10 Å². The van der Waals surface area contributed by atoms with E-state index in [9.17, 15) is 18.8 Å². The molecule has 0 radical (unpaired) electrons. The Bertz CT molecular complexity index is 1480. The molecule has 0 fully saturated rings. The molecule has 3 N–H and O–H groups in total. The molecule has 2 unspecified atom stereocenters. The standard InChI is InChI=1S/C30H33FN6O5/c1-18-5-7-19(8-6-18)17-32-27(38)23(26-34-36-37-35-26)15-20-9-14-25(24(31)16-20)41-28(39)21-10-12-22(13-11-21)33-29(40)42-30(2,3)4/h5-7,9-14,16,19,23H,8,15,17H2,1-4H3,(H,32,38)(H,33,40)(H,34,35,36,37). The summed E-state index contributed by atoms with van der Waals surface area (Å²) < 4.78 is 25.4. The zero-order chi connectivity index (χ0) is 30.3. The first-order chi connectivity index (χ1) is 20.0. The molecule has 12 heteroatoms. The maximum atomic E-state index is 15.0. The summed E-state index contributed by atoms with van der Waals surface area (Å²) >= 11 is 0. The number of esters is 1. The number of H-pyrrole nitrogens is 1. The number of aromatic nitrogens is 4. The molecule has 0 aliphatic heterocycles. The third-order valence-corrected chi connectivity index (χ3v) is 6.33. The number of benzene rings is 2. The van der Waals surface area contributed by atoms with Crippen molar-refractivity contribution in [2.75, 3.05) is 11.9 Å². The van der Waals surface area contributed by atoms with Crippen LogP contribution in [0.1, 0.15) is 61.8 Å². The molecule has 0 spiro atoms. The van der Waals surface area contributed by atoms with Gasteiger partial charge in [0.1, 0.15) is 11.5 Å². The predicted octanol–water partition coefficient (Wildman–Crippen LogP) is 4.87. The number of ether oxygens (including phenoxy) is 2. The fourth-order valence-electron chi connectivity index (χ4n) is 4.17. The van der Waals surface area contributed by atoms with Crippen LogP contribution in [0.2, 0.25) is 0 Å². The van der Waals surface area contributed by atoms with Gasteiger partial charge in [0.15, 0.2) is 17.4 Å². The monoisotopic (exact) mass is 576 g/mol. The van der Waals surface area contributed by atoms with E-state index >= 15 is 0 Å². The lowest BCUT2D eigenvalue weighted by atomic mass is 9.95. The summed E-state index contributed by atoms with van der Waals surface area (Å²) in [5, 5.41) is 19.2. The van der Waals surface area contributed by atoms with Crippen LogP contribution >= 0.6 is 0 Å². The lowest BCUT2D eigenvalue weighted by Gasteiger charge is -2.19. The van der Waals surface area contributed by atoms with Gasteiger partial charge in [-0.3, -0.25) is 10.1 Å². The minimum absolute atomic E-state index is 0.111. The van der Waals surface area contributed by atoms with E-state index < -0.39 is 29.4 Å². The number of amides is 2. The molecule has 0 bridgehead atoms. The van der Waals surface area contributed by atoms with Gasteiger partial charge in [0.25, 0.3) is 0 Å². The molecule has 3 aromatic rings. The molecule has 4 rings (SSSR count). The Balaban J connectivity index is 1.37. The fraction of sp³-hybridized carbons (Fsp3) is 0.333. The van der Waals surface area contributed by atoms with E-state index in [1.165, 1.54) is 42.0 Å². The van der Waals surface area contributed by atoms with Crippen molar-refractivity contribution < 1.29 is 28.2 Å². The average molecular weight is 577 g/mol. The lowest BCUT2D eigenvalue weighted by Crippen LogP contribution is -2.34. The minimum Gasteiger partial charge on any atom is -0.444 e. The van der Waals surface area contributed by atoms with Crippen LogP contribution in [0.3, 0.4) is 0 Å². The third-order valence-electron chi connectivity index (χ3n) is 6.33. The number of tetrazole rings is 1. The molecule has 1 heterocycles. The van der Waals surface area contributed by atoms with E-state index in [4.69, 9.17) is 9.47 Å². The van der Waals surface area contributed by atoms with Gasteiger partial charge in [-0.05, 0) is 98.8 Å². The van der Waals surface area contributed by atoms with Crippen LogP contribution in [0.25, 0.3) is 0 Å². The van der Waals surface area contributed by atoms with E-state index in [1.54, 1.807) is 26.8 Å². The van der Waals surface area contributed by atoms with Gasteiger partial charge >= 0.3 is 12.1 Å². The van der Waals surface area contributed by atoms with Crippen LogP contribution in [0.15, 0.2) is 66.3 Å². The Morgan fingerprint density at radius 3 is 2.52 bits per heavy atom. The molecule has 2 aromatic carbocycles. The second-order valence-corrected chi connectivity index (χ2v) is 10.9. The number of carbonyl (C=O) groups is 3. The highest BCUT2D eigenvalue weighted by Gasteiger charge is 2.26. The summed E-state index contributed by atoms with van der Waals surface area (Å²) in [5.41, 5.74) is 1.58. The zero-order valence-corrected chi connectivity index (χ0v) is 23.8. The topological polar surface area (TPSA) is 148 Å². The summed E-state index contributed by atoms with van der Waals surface area (Å²) in [6, 6.07) is 10.00. The number of nitrogens with zero attached hydrogens (tertiary/aromatic N) is 3. The molecular weight excluding hydrogens is 543 g/mol. The average Bonchev–Trinajstić information content (AvgIpc) is 3.46. The number of anilines is 1. The smallest absolute Gasteiger partial charge is 0.412 e. The molecule has 0 saturated heterocycles. The first kappa shape index (κ1) is 30.1. The van der Waals surface area contributed by atoms with Crippen LogP contribution in [0.4, 0.5) is 14.9 Å². The molecule has 1 aliphatic carbocycles. The fourth-order valence-corrected chi connectivity index (χ4v) is 4.17. The van der Waals surface area contributed by atoms with E-state index in [0.717, 1.165) is 6.42 Å². The number of rotatable bonds is 9. The van der Waals surface area contributed by atoms with Gasteiger partial charge in [0.05, 0.1) is 5.56 Å². The number of halogens is 1. The minimum atomic E-state index is -0.787. The van der Waals surface area contributed by atoms with Crippen molar-refractivity contribution in [1.29, 1.82) is 0 Å². The van der Waals surface area contributed by atoms with Crippen LogP contribution in [0.5, 0.6) is 5.75 Å². The van der Waals surface area contributed by atoms with Crippen LogP contribution in [-0.4, -0.2) is 50.7 Å². The summed E-state index contributed by atoms with van der Waals surface area (Å²) in [5.74, 6) is -2.47. The molecule has 11 nitrogen and oxygen atoms in total. The Kier molecular flexibility index (Phi) is 9.46. The molecule has 2 atom stereocenters. The first-order valence-corrected chi connectivity index (χ1v) is 13.4. The summed E-state index contributed by atoms with van der Waals surface area (Å²) in [6.07, 6.45) is 6.51. The molecule has 0 saturated carbocycles. The second kappa shape index (κ2) is 13.2. The number of allylic oxidation sites excluding steroid dienone is 3. The number of hydrogen-bond acceptors (Lipinski definition) is 8. The second-order valence-electron chi connectivity index (χ2n) is 10.9. The third kappa shape index (κ3) is 8.56. The van der Waals surface area contributed by atoms with E-state index in [1.807, 2.05) is 13.0 Å². The largest absolute Gasteiger partial charge is 0.444 e. The van der Waals surface area contributed by atoms with Crippen molar-refractivity contribution in [1.82, 2.24) is 25.9 Å². The number of aromatic amines is 1. The summed E-state index contributed by atoms with van der Waals surface area (Å²) in [6.45, 7) is 7.70. The van der Waals surface area contributed by atoms with Gasteiger partial charge in [-0.2, -0.15) is 0 Å². The molecular formula is C30H33FN6O5. The van der Waals surface area contributed by atoms with Gasteiger partial charge in [-0.1, -0.05) is 29.9 Å². The summed E-state index contributed by atoms with van der Waals surface area (Å²) in [7, 11) is 0. The van der Waals surface area contributed by atoms with Crippen molar-refractivity contribution in [2.24, 2.45) is 5.92 Å². The van der Waals surface area contributed by atoms with Crippen LogP contribution in [-0.2, 0) is 16.0 Å². The maximum Gasteiger partial charge on any atom is 0.412 e. The SMILES string of the molecule is CC1=CCC(CNC(=O)C(Cc2ccc(OC(=O)c3ccc(NC(=O)OC(C)(C)C)cc3)c(F)c2)c2nnn[nH]2)C=C1. The first-order valence-electron chi connectivity index (χ1n) is 13.4. The highest BCUT2D eigenvalue weighted by molar-refractivity contribution is 5.92. The van der Waals surface area contributed by atoms with Crippen molar-refractivity contribution in [3.63, 3.8) is 0 Å². The molecule has 1 aromatic heterocycles. The Hall–Kier alpha value is -4.87. The van der Waals surface area contributed by atoms with Crippen molar-refractivity contribution in [3.8, 4) is 5.75 Å². The number of carbonyl (C=O) groups excluding carboxylic acids is 3. The van der Waals surface area contributed by atoms with E-state index in [-0.39, 0.29) is 35.4 Å². The van der Waals surface area contributed by atoms with Crippen molar-refractivity contribution >= 4 is 23.7 Å². The van der Waals surface area contributed by atoms with Gasteiger partial charge in [0, 0.05) is 12.2 Å². The zero-order valence-electron chi connectivity index (χ0n) is 23.8. The molecule has 1 aliphatic rings. The van der Waals surface area contributed by atoms with Crippen LogP contribution in [0, 0.1) is 11.7 Å². The number of nitrogens with one attached hydrogen (secondary N) is 3. The summed E-state index contributed by atoms with van der Waals surface area (Å²) in [4.78, 5) is 37.6. The Morgan fingerprint density at radius 2 is 1.90 bits per heavy atom. The van der Waals surface area contributed by atoms with Gasteiger partial charge < -0.3 is 14.8 Å². The van der Waals surface area contributed by atoms with Crippen molar-refractivity contribution in [2.45, 2.75) is 52.1 Å². The van der Waals surface area contributed by atoms with Gasteiger partial charge in [-0.25, -0.2) is 19.1 Å². The van der Waals surface area contributed by atoms with E-state index in [0.29, 0.717) is 17.8 Å². The van der Waals surface area contributed by atoms with Gasteiger partial charge in [0.2, 0.25) is 5.91 Å². The number of hydrogen-bond donors (Lipinski definition) is 3. The Labute approximate surface area is 242 Å². The predicted molar refractivity (Wildman–Crippen MR) is 152 cm³/mol. The van der Waals surface area contributed by atoms with Crippen LogP contribution < -0.4 is 15.4 Å². The van der Waals surface area contributed by atoms with E-state index in [2.05, 4.69) is 43.4 Å². The Morgan fingerprint density at radius 1 is 1.14 bits per heavy atom. The lowest BCUT2D eigenvalue weighted by molar-refractivity contribution is -0.122. The molecule has 220 valence electrons. The normalized spacial score (nSPS) is 15.4. The highest BCUT2D eigenvalue weighted by Crippen LogP contribution is 2.25. The van der Waals surface area contributed by atoms with Crippen molar-refractivity contribution in [3.05, 3.63) is 89.0 Å². The maximum absolute atomic E-state index is 15.0. The molecule has 2 amide bonds. The highest BCUT2D eigenvalue weighted by atomic mass is 19.1. The quantitative estimate of drug-likeness (QED) is 0.241. The molecule has 42 heavy (non-hydrogen) atoms.